The lowest BCUT2D eigenvalue weighted by atomic mass is 10.1. The fourth-order valence-electron chi connectivity index (χ4n) is 3.21. The van der Waals surface area contributed by atoms with E-state index in [0.29, 0.717) is 12.1 Å². The van der Waals surface area contributed by atoms with Gasteiger partial charge in [0.25, 0.3) is 5.56 Å². The molecule has 0 aliphatic rings. The summed E-state index contributed by atoms with van der Waals surface area (Å²) in [6, 6.07) is 20.8. The van der Waals surface area contributed by atoms with Crippen LogP contribution in [0.3, 0.4) is 0 Å². The van der Waals surface area contributed by atoms with Gasteiger partial charge in [-0.15, -0.1) is 11.3 Å². The molecule has 6 heteroatoms. The normalized spacial score (nSPS) is 10.8. The first-order valence-electron chi connectivity index (χ1n) is 9.34. The molecule has 2 N–H and O–H groups in total. The van der Waals surface area contributed by atoms with Crippen LogP contribution in [-0.4, -0.2) is 15.9 Å². The lowest BCUT2D eigenvalue weighted by molar-refractivity contribution is 0.207. The molecule has 0 atom stereocenters. The number of carbonyl (C=O) groups excluding carboxylic acids is 1. The third-order valence-corrected chi connectivity index (χ3v) is 5.54. The summed E-state index contributed by atoms with van der Waals surface area (Å²) in [6.07, 6.45) is 0. The maximum Gasteiger partial charge on any atom is 0.322 e. The average molecular weight is 404 g/mol. The number of nitrogens with one attached hydrogen (secondary N) is 2. The Morgan fingerprint density at radius 1 is 1.03 bits per heavy atom. The molecule has 0 radical (unpaired) electrons. The summed E-state index contributed by atoms with van der Waals surface area (Å²) in [4.78, 5) is 31.2. The molecule has 0 bridgehead atoms. The molecule has 4 rings (SSSR count). The summed E-state index contributed by atoms with van der Waals surface area (Å²) >= 11 is 1.59. The Morgan fingerprint density at radius 3 is 2.62 bits per heavy atom. The molecule has 29 heavy (non-hydrogen) atoms. The third kappa shape index (κ3) is 4.55. The van der Waals surface area contributed by atoms with Gasteiger partial charge in [-0.3, -0.25) is 4.79 Å². The number of benzene rings is 2. The van der Waals surface area contributed by atoms with E-state index in [9.17, 15) is 9.59 Å². The zero-order valence-corrected chi connectivity index (χ0v) is 16.8. The van der Waals surface area contributed by atoms with Crippen LogP contribution in [0.4, 0.5) is 10.5 Å². The number of pyridine rings is 1. The molecule has 0 spiro atoms. The Bertz CT molecular complexity index is 1180. The van der Waals surface area contributed by atoms with Crippen LogP contribution >= 0.6 is 11.3 Å². The first kappa shape index (κ1) is 19.0. The Labute approximate surface area is 172 Å². The van der Waals surface area contributed by atoms with E-state index in [-0.39, 0.29) is 18.1 Å². The van der Waals surface area contributed by atoms with Crippen molar-refractivity contribution in [1.29, 1.82) is 0 Å². The maximum absolute atomic E-state index is 13.0. The first-order chi connectivity index (χ1) is 14.1. The van der Waals surface area contributed by atoms with Crippen LogP contribution in [0.5, 0.6) is 0 Å². The highest BCUT2D eigenvalue weighted by atomic mass is 32.1. The highest BCUT2D eigenvalue weighted by Gasteiger charge is 2.17. The molecular weight excluding hydrogens is 382 g/mol. The Morgan fingerprint density at radius 2 is 1.86 bits per heavy atom. The number of H-pyrrole nitrogens is 1. The van der Waals surface area contributed by atoms with Crippen molar-refractivity contribution in [3.8, 4) is 0 Å². The Hall–Kier alpha value is -3.38. The number of hydrogen-bond acceptors (Lipinski definition) is 3. The molecule has 0 saturated heterocycles. The van der Waals surface area contributed by atoms with Gasteiger partial charge in [0, 0.05) is 21.6 Å². The third-order valence-electron chi connectivity index (χ3n) is 4.68. The van der Waals surface area contributed by atoms with Crippen molar-refractivity contribution in [2.45, 2.75) is 20.0 Å². The topological polar surface area (TPSA) is 65.2 Å². The van der Waals surface area contributed by atoms with Crippen molar-refractivity contribution >= 4 is 34.0 Å². The second kappa shape index (κ2) is 8.32. The number of urea groups is 1. The van der Waals surface area contributed by atoms with Gasteiger partial charge in [-0.05, 0) is 54.1 Å². The van der Waals surface area contributed by atoms with Gasteiger partial charge >= 0.3 is 6.03 Å². The zero-order valence-electron chi connectivity index (χ0n) is 16.0. The summed E-state index contributed by atoms with van der Waals surface area (Å²) in [5.41, 5.74) is 3.01. The van der Waals surface area contributed by atoms with Crippen molar-refractivity contribution in [3.63, 3.8) is 0 Å². The summed E-state index contributed by atoms with van der Waals surface area (Å²) in [5, 5.41) is 5.86. The number of anilines is 1. The molecule has 0 saturated carbocycles. The number of thiophene rings is 1. The molecule has 4 aromatic rings. The van der Waals surface area contributed by atoms with Gasteiger partial charge in [0.1, 0.15) is 0 Å². The van der Waals surface area contributed by atoms with E-state index in [1.807, 2.05) is 79.0 Å². The van der Waals surface area contributed by atoms with Crippen LogP contribution in [-0.2, 0) is 13.1 Å². The molecule has 2 amide bonds. The summed E-state index contributed by atoms with van der Waals surface area (Å²) in [6.45, 7) is 2.66. The number of hydrogen-bond donors (Lipinski definition) is 2. The predicted molar refractivity (Wildman–Crippen MR) is 118 cm³/mol. The van der Waals surface area contributed by atoms with E-state index in [1.165, 1.54) is 0 Å². The summed E-state index contributed by atoms with van der Waals surface area (Å²) < 4.78 is 0. The fraction of sp³-hybridized carbons (Fsp3) is 0.130. The van der Waals surface area contributed by atoms with Gasteiger partial charge in [0.05, 0.1) is 13.1 Å². The van der Waals surface area contributed by atoms with Crippen molar-refractivity contribution in [2.24, 2.45) is 0 Å². The monoisotopic (exact) mass is 403 g/mol. The van der Waals surface area contributed by atoms with Crippen LogP contribution in [0.15, 0.2) is 76.9 Å². The van der Waals surface area contributed by atoms with Crippen molar-refractivity contribution in [2.75, 3.05) is 5.32 Å². The highest BCUT2D eigenvalue weighted by molar-refractivity contribution is 7.09. The van der Waals surface area contributed by atoms with E-state index in [2.05, 4.69) is 10.3 Å². The van der Waals surface area contributed by atoms with Gasteiger partial charge in [0.15, 0.2) is 0 Å². The van der Waals surface area contributed by atoms with E-state index in [1.54, 1.807) is 16.2 Å². The number of para-hydroxylation sites is 1. The number of carbonyl (C=O) groups is 1. The average Bonchev–Trinajstić information content (AvgIpc) is 3.22. The fourth-order valence-corrected chi connectivity index (χ4v) is 3.93. The molecule has 2 heterocycles. The molecule has 0 fully saturated rings. The number of amides is 2. The van der Waals surface area contributed by atoms with E-state index in [4.69, 9.17) is 0 Å². The van der Waals surface area contributed by atoms with Crippen LogP contribution in [0, 0.1) is 6.92 Å². The maximum atomic E-state index is 13.0. The molecular formula is C23H21N3O2S. The molecule has 0 unspecified atom stereocenters. The van der Waals surface area contributed by atoms with Crippen LogP contribution in [0.1, 0.15) is 16.0 Å². The minimum atomic E-state index is -0.242. The number of fused-ring (bicyclic) bond motifs is 1. The van der Waals surface area contributed by atoms with E-state index >= 15 is 0 Å². The standard InChI is InChI=1S/C23H21N3O2S/c1-16-9-10-21-17(12-16)13-18(22(27)25-21)14-26(15-20-8-5-11-29-20)23(28)24-19-6-3-2-4-7-19/h2-13H,14-15H2,1H3,(H,24,28)(H,25,27). The van der Waals surface area contributed by atoms with Crippen molar-refractivity contribution in [3.05, 3.63) is 98.5 Å². The second-order valence-electron chi connectivity index (χ2n) is 6.95. The van der Waals surface area contributed by atoms with Crippen LogP contribution in [0.25, 0.3) is 10.9 Å². The van der Waals surface area contributed by atoms with E-state index < -0.39 is 0 Å². The zero-order chi connectivity index (χ0) is 20.2. The number of nitrogens with zero attached hydrogens (tertiary/aromatic N) is 1. The molecule has 2 aromatic carbocycles. The second-order valence-corrected chi connectivity index (χ2v) is 7.98. The summed E-state index contributed by atoms with van der Waals surface area (Å²) in [7, 11) is 0. The van der Waals surface area contributed by atoms with Crippen molar-refractivity contribution in [1.82, 2.24) is 9.88 Å². The lowest BCUT2D eigenvalue weighted by Gasteiger charge is -2.22. The first-order valence-corrected chi connectivity index (χ1v) is 10.2. The molecule has 146 valence electrons. The summed E-state index contributed by atoms with van der Waals surface area (Å²) in [5.74, 6) is 0. The van der Waals surface area contributed by atoms with E-state index in [0.717, 1.165) is 27.0 Å². The SMILES string of the molecule is Cc1ccc2[nH]c(=O)c(CN(Cc3cccs3)C(=O)Nc3ccccc3)cc2c1. The van der Waals surface area contributed by atoms with Gasteiger partial charge in [0.2, 0.25) is 0 Å². The predicted octanol–water partition coefficient (Wildman–Crippen LogP) is 5.13. The van der Waals surface area contributed by atoms with Crippen LogP contribution < -0.4 is 10.9 Å². The molecule has 0 aliphatic carbocycles. The molecule has 2 aromatic heterocycles. The highest BCUT2D eigenvalue weighted by Crippen LogP contribution is 2.18. The number of rotatable bonds is 5. The van der Waals surface area contributed by atoms with Gasteiger partial charge in [-0.25, -0.2) is 4.79 Å². The minimum absolute atomic E-state index is 0.176. The van der Waals surface area contributed by atoms with Gasteiger partial charge in [-0.1, -0.05) is 35.9 Å². The minimum Gasteiger partial charge on any atom is -0.322 e. The Kier molecular flexibility index (Phi) is 5.44. The number of aryl methyl sites for hydroxylation is 1. The quantitative estimate of drug-likeness (QED) is 0.485. The van der Waals surface area contributed by atoms with Gasteiger partial charge < -0.3 is 15.2 Å². The van der Waals surface area contributed by atoms with Crippen LogP contribution in [0.2, 0.25) is 0 Å². The molecule has 0 aliphatic heterocycles. The smallest absolute Gasteiger partial charge is 0.322 e. The van der Waals surface area contributed by atoms with Crippen molar-refractivity contribution < 1.29 is 4.79 Å². The lowest BCUT2D eigenvalue weighted by Crippen LogP contribution is -2.35. The number of aromatic amines is 1. The molecule has 5 nitrogen and oxygen atoms in total. The largest absolute Gasteiger partial charge is 0.322 e. The Balaban J connectivity index is 1.64. The van der Waals surface area contributed by atoms with Gasteiger partial charge in [-0.2, -0.15) is 0 Å². The number of aromatic nitrogens is 1.